The summed E-state index contributed by atoms with van der Waals surface area (Å²) in [5.41, 5.74) is 6.24. The minimum absolute atomic E-state index is 0.0891. The summed E-state index contributed by atoms with van der Waals surface area (Å²) in [5, 5.41) is 1.51. The number of nitrogens with zero attached hydrogens (tertiary/aromatic N) is 1. The van der Waals surface area contributed by atoms with Gasteiger partial charge in [-0.2, -0.15) is 0 Å². The third-order valence-electron chi connectivity index (χ3n) is 0.970. The second kappa shape index (κ2) is 2.06. The smallest absolute Gasteiger partial charge is 0.261 e. The maximum Gasteiger partial charge on any atom is 0.261 e. The Morgan fingerprint density at radius 2 is 2.22 bits per heavy atom. The van der Waals surface area contributed by atoms with E-state index in [1.54, 1.807) is 7.05 Å². The van der Waals surface area contributed by atoms with Gasteiger partial charge < -0.3 is 5.43 Å². The number of carbonyl (C=O) groups excluding carboxylic acids is 1. The van der Waals surface area contributed by atoms with Crippen molar-refractivity contribution in [3.8, 4) is 0 Å². The van der Waals surface area contributed by atoms with E-state index in [-0.39, 0.29) is 5.91 Å². The Kier molecular flexibility index (Phi) is 1.40. The normalized spacial score (nSPS) is 20.2. The highest BCUT2D eigenvalue weighted by Gasteiger charge is 2.07. The fraction of sp³-hybridized carbons (Fsp3) is 0.400. The molecule has 1 aliphatic heterocycles. The molecule has 0 fully saturated rings. The Balaban J connectivity index is 2.67. The van der Waals surface area contributed by atoms with Crippen molar-refractivity contribution >= 4 is 5.91 Å². The molecule has 1 heterocycles. The van der Waals surface area contributed by atoms with Gasteiger partial charge in [0, 0.05) is 18.8 Å². The van der Waals surface area contributed by atoms with Crippen LogP contribution in [-0.2, 0) is 4.79 Å². The molecule has 4 nitrogen and oxygen atoms in total. The van der Waals surface area contributed by atoms with Crippen LogP contribution < -0.4 is 10.9 Å². The first-order valence-electron chi connectivity index (χ1n) is 2.68. The van der Waals surface area contributed by atoms with E-state index in [1.165, 1.54) is 11.2 Å². The molecule has 0 spiro atoms. The minimum Gasteiger partial charge on any atom is -0.306 e. The summed E-state index contributed by atoms with van der Waals surface area (Å²) < 4.78 is 0. The third-order valence-corrected chi connectivity index (χ3v) is 0.970. The number of hydrogen-bond donors (Lipinski definition) is 2. The lowest BCUT2D eigenvalue weighted by Crippen LogP contribution is -2.50. The van der Waals surface area contributed by atoms with E-state index in [9.17, 15) is 4.79 Å². The van der Waals surface area contributed by atoms with Crippen LogP contribution >= 0.6 is 0 Å². The SMILES string of the molecule is CC1=CC(=O)NN(C)N1. The van der Waals surface area contributed by atoms with Crippen molar-refractivity contribution < 1.29 is 4.79 Å². The molecular formula is C5H9N3O. The van der Waals surface area contributed by atoms with Crippen LogP contribution in [0.4, 0.5) is 0 Å². The van der Waals surface area contributed by atoms with Crippen LogP contribution in [0.3, 0.4) is 0 Å². The van der Waals surface area contributed by atoms with Crippen LogP contribution in [0.2, 0.25) is 0 Å². The van der Waals surface area contributed by atoms with E-state index >= 15 is 0 Å². The molecule has 1 rings (SSSR count). The van der Waals surface area contributed by atoms with Gasteiger partial charge in [-0.3, -0.25) is 10.2 Å². The van der Waals surface area contributed by atoms with Gasteiger partial charge in [-0.05, 0) is 6.92 Å². The molecule has 0 saturated carbocycles. The second-order valence-corrected chi connectivity index (χ2v) is 1.97. The van der Waals surface area contributed by atoms with Gasteiger partial charge >= 0.3 is 0 Å². The fourth-order valence-electron chi connectivity index (χ4n) is 0.719. The maximum atomic E-state index is 10.6. The van der Waals surface area contributed by atoms with Crippen molar-refractivity contribution in [1.82, 2.24) is 16.0 Å². The molecule has 0 aromatic rings. The van der Waals surface area contributed by atoms with Crippen LogP contribution in [0.5, 0.6) is 0 Å². The third kappa shape index (κ3) is 1.43. The van der Waals surface area contributed by atoms with E-state index in [2.05, 4.69) is 10.9 Å². The number of hydrogen-bond acceptors (Lipinski definition) is 3. The molecule has 0 aromatic heterocycles. The standard InChI is InChI=1S/C5H9N3O/c1-4-3-5(9)7-8(2)6-4/h3,6H,1-2H3,(H,7,9). The van der Waals surface area contributed by atoms with Crippen LogP contribution in [-0.4, -0.2) is 18.1 Å². The number of amides is 1. The second-order valence-electron chi connectivity index (χ2n) is 1.97. The molecule has 4 heteroatoms. The van der Waals surface area contributed by atoms with E-state index < -0.39 is 0 Å². The number of rotatable bonds is 0. The molecule has 0 radical (unpaired) electrons. The molecule has 9 heavy (non-hydrogen) atoms. The van der Waals surface area contributed by atoms with Gasteiger partial charge in [0.15, 0.2) is 0 Å². The molecule has 1 amide bonds. The number of allylic oxidation sites excluding steroid dienone is 1. The van der Waals surface area contributed by atoms with Crippen molar-refractivity contribution in [2.45, 2.75) is 6.92 Å². The zero-order valence-electron chi connectivity index (χ0n) is 5.43. The summed E-state index contributed by atoms with van der Waals surface area (Å²) in [5.74, 6) is -0.0891. The monoisotopic (exact) mass is 127 g/mol. The summed E-state index contributed by atoms with van der Waals surface area (Å²) in [6.45, 7) is 1.83. The molecule has 0 bridgehead atoms. The van der Waals surface area contributed by atoms with Gasteiger partial charge in [-0.25, -0.2) is 0 Å². The summed E-state index contributed by atoms with van der Waals surface area (Å²) in [6.07, 6.45) is 1.50. The lowest BCUT2D eigenvalue weighted by atomic mass is 10.4. The van der Waals surface area contributed by atoms with Gasteiger partial charge in [-0.15, -0.1) is 5.12 Å². The van der Waals surface area contributed by atoms with Crippen LogP contribution in [0.15, 0.2) is 11.8 Å². The molecule has 0 atom stereocenters. The summed E-state index contributed by atoms with van der Waals surface area (Å²) in [4.78, 5) is 10.6. The largest absolute Gasteiger partial charge is 0.306 e. The quantitative estimate of drug-likeness (QED) is 0.455. The highest BCUT2D eigenvalue weighted by molar-refractivity contribution is 5.88. The minimum atomic E-state index is -0.0891. The Morgan fingerprint density at radius 3 is 2.67 bits per heavy atom. The zero-order chi connectivity index (χ0) is 6.85. The number of hydrazine groups is 2. The molecule has 0 aromatic carbocycles. The van der Waals surface area contributed by atoms with E-state index in [0.717, 1.165) is 5.70 Å². The number of carbonyl (C=O) groups is 1. The van der Waals surface area contributed by atoms with E-state index in [1.807, 2.05) is 6.92 Å². The van der Waals surface area contributed by atoms with Crippen LogP contribution in [0.25, 0.3) is 0 Å². The van der Waals surface area contributed by atoms with E-state index in [0.29, 0.717) is 0 Å². The van der Waals surface area contributed by atoms with Gasteiger partial charge in [0.05, 0.1) is 0 Å². The first-order valence-corrected chi connectivity index (χ1v) is 2.68. The van der Waals surface area contributed by atoms with Crippen molar-refractivity contribution in [2.24, 2.45) is 0 Å². The van der Waals surface area contributed by atoms with Crippen molar-refractivity contribution in [3.05, 3.63) is 11.8 Å². The Morgan fingerprint density at radius 1 is 1.56 bits per heavy atom. The Hall–Kier alpha value is -1.03. The van der Waals surface area contributed by atoms with Gasteiger partial charge in [-0.1, -0.05) is 0 Å². The van der Waals surface area contributed by atoms with Crippen molar-refractivity contribution in [3.63, 3.8) is 0 Å². The molecule has 2 N–H and O–H groups in total. The average molecular weight is 127 g/mol. The van der Waals surface area contributed by atoms with Gasteiger partial charge in [0.1, 0.15) is 0 Å². The van der Waals surface area contributed by atoms with Crippen LogP contribution in [0, 0.1) is 0 Å². The van der Waals surface area contributed by atoms with Crippen molar-refractivity contribution in [1.29, 1.82) is 0 Å². The molecule has 1 aliphatic rings. The summed E-state index contributed by atoms with van der Waals surface area (Å²) in [7, 11) is 1.73. The molecule has 0 saturated heterocycles. The fourth-order valence-corrected chi connectivity index (χ4v) is 0.719. The Bertz CT molecular complexity index is 164. The highest BCUT2D eigenvalue weighted by Crippen LogP contribution is 1.91. The molecule has 0 unspecified atom stereocenters. The predicted octanol–water partition coefficient (Wildman–Crippen LogP) is -0.629. The van der Waals surface area contributed by atoms with Crippen LogP contribution in [0.1, 0.15) is 6.92 Å². The Labute approximate surface area is 53.5 Å². The van der Waals surface area contributed by atoms with Gasteiger partial charge in [0.25, 0.3) is 5.91 Å². The highest BCUT2D eigenvalue weighted by atomic mass is 16.2. The van der Waals surface area contributed by atoms with E-state index in [4.69, 9.17) is 0 Å². The first-order chi connectivity index (χ1) is 4.18. The summed E-state index contributed by atoms with van der Waals surface area (Å²) >= 11 is 0. The summed E-state index contributed by atoms with van der Waals surface area (Å²) in [6, 6.07) is 0. The van der Waals surface area contributed by atoms with Gasteiger partial charge in [0.2, 0.25) is 0 Å². The molecule has 50 valence electrons. The lowest BCUT2D eigenvalue weighted by molar-refractivity contribution is -0.122. The first kappa shape index (κ1) is 6.10. The van der Waals surface area contributed by atoms with Crippen molar-refractivity contribution in [2.75, 3.05) is 7.05 Å². The maximum absolute atomic E-state index is 10.6. The number of nitrogens with one attached hydrogen (secondary N) is 2. The average Bonchev–Trinajstić information content (AvgIpc) is 1.59. The lowest BCUT2D eigenvalue weighted by Gasteiger charge is -2.23. The molecular weight excluding hydrogens is 118 g/mol. The topological polar surface area (TPSA) is 44.4 Å². The predicted molar refractivity (Wildman–Crippen MR) is 32.8 cm³/mol. The molecule has 0 aliphatic carbocycles. The zero-order valence-corrected chi connectivity index (χ0v) is 5.43.